The molecule has 98 valence electrons. The fourth-order valence-electron chi connectivity index (χ4n) is 1.12. The van der Waals surface area contributed by atoms with E-state index >= 15 is 0 Å². The summed E-state index contributed by atoms with van der Waals surface area (Å²) in [5, 5.41) is 25.7. The molecule has 17 heavy (non-hydrogen) atoms. The van der Waals surface area contributed by atoms with Gasteiger partial charge in [-0.15, -0.1) is 0 Å². The van der Waals surface area contributed by atoms with Gasteiger partial charge in [0.05, 0.1) is 0 Å². The van der Waals surface area contributed by atoms with Crippen LogP contribution in [0.1, 0.15) is 0 Å². The highest BCUT2D eigenvalue weighted by atomic mass is 32.2. The normalized spacial score (nSPS) is 15.2. The van der Waals surface area contributed by atoms with E-state index in [0.717, 1.165) is 0 Å². The predicted octanol–water partition coefficient (Wildman–Crippen LogP) is -1.91. The van der Waals surface area contributed by atoms with Gasteiger partial charge in [0.15, 0.2) is 0 Å². The zero-order valence-corrected chi connectivity index (χ0v) is 9.04. The largest absolute Gasteiger partial charge is 0.480 e. The van der Waals surface area contributed by atoms with E-state index in [4.69, 9.17) is 19.9 Å². The van der Waals surface area contributed by atoms with E-state index in [1.165, 1.54) is 0 Å². The van der Waals surface area contributed by atoms with Gasteiger partial charge in [-0.1, -0.05) is 0 Å². The fraction of sp³-hybridized carbons (Fsp3) is 0.500. The zero-order valence-electron chi connectivity index (χ0n) is 8.22. The molecule has 0 aliphatic rings. The molecule has 10 nitrogen and oxygen atoms in total. The molecule has 0 aromatic rings. The van der Waals surface area contributed by atoms with Crippen molar-refractivity contribution in [3.63, 3.8) is 0 Å². The molecule has 0 heterocycles. The van der Waals surface area contributed by atoms with E-state index in [-0.39, 0.29) is 0 Å². The van der Waals surface area contributed by atoms with Crippen LogP contribution in [-0.2, 0) is 29.2 Å². The van der Waals surface area contributed by atoms with Crippen LogP contribution in [0.2, 0.25) is 0 Å². The third kappa shape index (κ3) is 2.35. The molecule has 0 aromatic carbocycles. The van der Waals surface area contributed by atoms with Crippen LogP contribution in [0.25, 0.3) is 0 Å². The van der Waals surface area contributed by atoms with Crippen molar-refractivity contribution in [2.24, 2.45) is 5.92 Å². The summed E-state index contributed by atoms with van der Waals surface area (Å²) >= 11 is 0. The van der Waals surface area contributed by atoms with E-state index in [2.05, 4.69) is 4.74 Å². The van der Waals surface area contributed by atoms with Crippen molar-refractivity contribution in [1.82, 2.24) is 0 Å². The highest BCUT2D eigenvalue weighted by Gasteiger charge is 2.64. The minimum absolute atomic E-state index is 0.445. The molecule has 0 amide bonds. The topological polar surface area (TPSA) is 176 Å². The molecule has 1 unspecified atom stereocenters. The lowest BCUT2D eigenvalue weighted by molar-refractivity contribution is -0.176. The number of methoxy groups -OCH3 is 1. The van der Waals surface area contributed by atoms with E-state index in [0.29, 0.717) is 7.11 Å². The van der Waals surface area contributed by atoms with Gasteiger partial charge in [-0.2, -0.15) is 8.42 Å². The summed E-state index contributed by atoms with van der Waals surface area (Å²) in [6.07, 6.45) is 0. The summed E-state index contributed by atoms with van der Waals surface area (Å²) in [5.74, 6) is -10.1. The highest BCUT2D eigenvalue weighted by molar-refractivity contribution is 7.88. The summed E-state index contributed by atoms with van der Waals surface area (Å²) in [7, 11) is -5.20. The van der Waals surface area contributed by atoms with Crippen LogP contribution >= 0.6 is 0 Å². The van der Waals surface area contributed by atoms with Crippen LogP contribution in [0.3, 0.4) is 0 Å². The first kappa shape index (κ1) is 15.3. The maximum Gasteiger partial charge on any atom is 0.356 e. The van der Waals surface area contributed by atoms with Crippen LogP contribution in [0, 0.1) is 5.92 Å². The molecule has 1 atom stereocenters. The third-order valence-electron chi connectivity index (χ3n) is 1.86. The molecule has 11 heteroatoms. The third-order valence-corrected chi connectivity index (χ3v) is 3.20. The van der Waals surface area contributed by atoms with Gasteiger partial charge in [0.2, 0.25) is 5.92 Å². The van der Waals surface area contributed by atoms with Gasteiger partial charge >= 0.3 is 33.0 Å². The van der Waals surface area contributed by atoms with Crippen LogP contribution < -0.4 is 0 Å². The number of hydrogen-bond acceptors (Lipinski definition) is 6. The predicted molar refractivity (Wildman–Crippen MR) is 47.7 cm³/mol. The number of rotatable bonds is 6. The summed E-state index contributed by atoms with van der Waals surface area (Å²) in [6.45, 7) is 0. The average molecular weight is 272 g/mol. The molecule has 0 aliphatic heterocycles. The van der Waals surface area contributed by atoms with Gasteiger partial charge in [-0.3, -0.25) is 14.1 Å². The maximum absolute atomic E-state index is 10.9. The van der Waals surface area contributed by atoms with Crippen molar-refractivity contribution in [2.45, 2.75) is 4.93 Å². The van der Waals surface area contributed by atoms with Crippen molar-refractivity contribution < 1.29 is 47.4 Å². The molecule has 0 saturated heterocycles. The van der Waals surface area contributed by atoms with Crippen molar-refractivity contribution >= 4 is 28.0 Å². The fourth-order valence-corrected chi connectivity index (χ4v) is 2.05. The second-order valence-corrected chi connectivity index (χ2v) is 4.32. The monoisotopic (exact) mass is 272 g/mol. The van der Waals surface area contributed by atoms with E-state index in [1.54, 1.807) is 0 Å². The van der Waals surface area contributed by atoms with Crippen LogP contribution in [0.4, 0.5) is 0 Å². The SMILES string of the molecule is COC(C(=O)O)(C(C(=O)O)C(=O)O)S(=O)(=O)O. The second kappa shape index (κ2) is 4.65. The molecule has 0 fully saturated rings. The van der Waals surface area contributed by atoms with Gasteiger partial charge in [-0.05, 0) is 0 Å². The Morgan fingerprint density at radius 2 is 1.47 bits per heavy atom. The average Bonchev–Trinajstić information content (AvgIpc) is 2.09. The molecule has 0 spiro atoms. The maximum atomic E-state index is 10.9. The van der Waals surface area contributed by atoms with Crippen molar-refractivity contribution in [3.05, 3.63) is 0 Å². The summed E-state index contributed by atoms with van der Waals surface area (Å²) in [6, 6.07) is 0. The van der Waals surface area contributed by atoms with E-state index < -0.39 is 38.9 Å². The molecule has 0 aliphatic carbocycles. The van der Waals surface area contributed by atoms with Crippen molar-refractivity contribution in [2.75, 3.05) is 7.11 Å². The summed E-state index contributed by atoms with van der Waals surface area (Å²) in [5.41, 5.74) is 0. The van der Waals surface area contributed by atoms with E-state index in [9.17, 15) is 22.8 Å². The van der Waals surface area contributed by atoms with Crippen molar-refractivity contribution in [3.8, 4) is 0 Å². The Balaban J connectivity index is 6.21. The number of carboxylic acids is 3. The quantitative estimate of drug-likeness (QED) is 0.315. The Hall–Kier alpha value is -1.72. The first-order chi connectivity index (χ1) is 7.52. The van der Waals surface area contributed by atoms with Gasteiger partial charge in [0.1, 0.15) is 0 Å². The Labute approximate surface area is 94.2 Å². The second-order valence-electron chi connectivity index (χ2n) is 2.76. The van der Waals surface area contributed by atoms with Crippen LogP contribution in [0.5, 0.6) is 0 Å². The van der Waals surface area contributed by atoms with Gasteiger partial charge in [0.25, 0.3) is 0 Å². The van der Waals surface area contributed by atoms with Gasteiger partial charge < -0.3 is 20.1 Å². The Kier molecular flexibility index (Phi) is 4.18. The lowest BCUT2D eigenvalue weighted by Crippen LogP contribution is -2.59. The smallest absolute Gasteiger partial charge is 0.356 e. The summed E-state index contributed by atoms with van der Waals surface area (Å²) < 4.78 is 34.5. The van der Waals surface area contributed by atoms with Crippen LogP contribution in [-0.4, -0.2) is 58.2 Å². The Morgan fingerprint density at radius 3 is 1.53 bits per heavy atom. The number of carbonyl (C=O) groups is 3. The molecule has 4 N–H and O–H groups in total. The molecule has 0 rings (SSSR count). The number of hydrogen-bond donors (Lipinski definition) is 4. The van der Waals surface area contributed by atoms with Crippen molar-refractivity contribution in [1.29, 1.82) is 0 Å². The first-order valence-electron chi connectivity index (χ1n) is 3.73. The molecular formula is C6H8O10S. The van der Waals surface area contributed by atoms with E-state index in [1.807, 2.05) is 0 Å². The molecule has 0 radical (unpaired) electrons. The zero-order chi connectivity index (χ0) is 14.0. The van der Waals surface area contributed by atoms with Gasteiger partial charge in [-0.25, -0.2) is 4.79 Å². The van der Waals surface area contributed by atoms with Crippen LogP contribution in [0.15, 0.2) is 0 Å². The molecule has 0 aromatic heterocycles. The number of aliphatic carboxylic acids is 3. The lowest BCUT2D eigenvalue weighted by atomic mass is 10.0. The molecule has 0 saturated carbocycles. The minimum atomic E-state index is -5.65. The number of carboxylic acid groups (broad SMARTS) is 3. The number of ether oxygens (including phenoxy) is 1. The standard InChI is InChI=1S/C6H8O10S/c1-16-6(5(11)12,17(13,14)15)2(3(7)8)4(9)10/h2H,1H3,(H,7,8)(H,9,10)(H,11,12)(H,13,14,15). The molecule has 0 bridgehead atoms. The van der Waals surface area contributed by atoms with Gasteiger partial charge in [0, 0.05) is 7.11 Å². The minimum Gasteiger partial charge on any atom is -0.480 e. The summed E-state index contributed by atoms with van der Waals surface area (Å²) in [4.78, 5) is 28.1. The Morgan fingerprint density at radius 1 is 1.12 bits per heavy atom. The first-order valence-corrected chi connectivity index (χ1v) is 5.17. The lowest BCUT2D eigenvalue weighted by Gasteiger charge is -2.27. The Bertz CT molecular complexity index is 435. The molecular weight excluding hydrogens is 264 g/mol. The highest BCUT2D eigenvalue weighted by Crippen LogP contribution is 2.29.